The Morgan fingerprint density at radius 2 is 1.82 bits per heavy atom. The maximum atomic E-state index is 13.9. The molecule has 12 heteroatoms. The Morgan fingerprint density at radius 1 is 1.16 bits per heavy atom. The van der Waals surface area contributed by atoms with E-state index in [4.69, 9.17) is 19.9 Å². The number of amides is 3. The molecule has 8 atom stereocenters. The van der Waals surface area contributed by atoms with E-state index in [1.165, 1.54) is 25.6 Å². The van der Waals surface area contributed by atoms with E-state index in [9.17, 15) is 19.2 Å². The van der Waals surface area contributed by atoms with Crippen molar-refractivity contribution in [1.29, 1.82) is 0 Å². The lowest BCUT2D eigenvalue weighted by Gasteiger charge is -2.41. The van der Waals surface area contributed by atoms with Gasteiger partial charge in [0.25, 0.3) is 0 Å². The Hall–Kier alpha value is -2.54. The molecule has 3 amide bonds. The number of methoxy groups -OCH3 is 3. The quantitative estimate of drug-likeness (QED) is 0.260. The second-order valence-corrected chi connectivity index (χ2v) is 14.1. The highest BCUT2D eigenvalue weighted by Crippen LogP contribution is 2.30. The van der Waals surface area contributed by atoms with Gasteiger partial charge in [0.2, 0.25) is 17.7 Å². The van der Waals surface area contributed by atoms with Gasteiger partial charge in [0.15, 0.2) is 0 Å². The summed E-state index contributed by atoms with van der Waals surface area (Å²) in [5, 5.41) is 6.69. The Morgan fingerprint density at radius 3 is 2.33 bits per heavy atom. The molecular weight excluding hydrogens is 596 g/mol. The number of likely N-dealkylation sites (N-methyl/N-ethyl adjacent to an activating group) is 1. The van der Waals surface area contributed by atoms with Gasteiger partial charge >= 0.3 is 5.97 Å². The minimum atomic E-state index is -0.843. The minimum Gasteiger partial charge on any atom is -0.467 e. The first-order valence-electron chi connectivity index (χ1n) is 15.9. The van der Waals surface area contributed by atoms with Crippen LogP contribution < -0.4 is 11.1 Å². The number of carbonyl (C=O) groups is 4. The number of hydrogen-bond donors (Lipinski definition) is 2. The van der Waals surface area contributed by atoms with Crippen LogP contribution in [0.3, 0.4) is 0 Å². The molecule has 1 aliphatic rings. The molecule has 2 rings (SSSR count). The predicted octanol–water partition coefficient (Wildman–Crippen LogP) is 3.24. The largest absolute Gasteiger partial charge is 0.467 e. The van der Waals surface area contributed by atoms with Crippen LogP contribution in [0.25, 0.3) is 0 Å². The monoisotopic (exact) mass is 652 g/mol. The number of ether oxygens (including phenoxy) is 3. The van der Waals surface area contributed by atoms with Crippen LogP contribution in [0.5, 0.6) is 0 Å². The summed E-state index contributed by atoms with van der Waals surface area (Å²) in [6.07, 6.45) is 1.43. The van der Waals surface area contributed by atoms with Gasteiger partial charge in [-0.15, -0.1) is 0 Å². The van der Waals surface area contributed by atoms with Crippen molar-refractivity contribution in [2.45, 2.75) is 110 Å². The van der Waals surface area contributed by atoms with Crippen molar-refractivity contribution in [3.63, 3.8) is 0 Å². The van der Waals surface area contributed by atoms with E-state index in [0.717, 1.165) is 18.4 Å². The molecule has 1 fully saturated rings. The number of nitrogens with zero attached hydrogens (tertiary/aromatic N) is 2. The average Bonchev–Trinajstić information content (AvgIpc) is 3.71. The lowest BCUT2D eigenvalue weighted by atomic mass is 9.85. The number of thiophene rings is 1. The van der Waals surface area contributed by atoms with Crippen LogP contribution in [0.4, 0.5) is 0 Å². The van der Waals surface area contributed by atoms with Gasteiger partial charge in [-0.2, -0.15) is 11.3 Å². The Bertz CT molecular complexity index is 1110. The summed E-state index contributed by atoms with van der Waals surface area (Å²) in [4.78, 5) is 56.7. The van der Waals surface area contributed by atoms with Gasteiger partial charge in [0.05, 0.1) is 49.8 Å². The van der Waals surface area contributed by atoms with Crippen LogP contribution in [0, 0.1) is 17.3 Å². The molecule has 1 saturated heterocycles. The van der Waals surface area contributed by atoms with E-state index >= 15 is 0 Å². The van der Waals surface area contributed by atoms with Crippen molar-refractivity contribution in [3.05, 3.63) is 22.4 Å². The molecule has 3 N–H and O–H groups in total. The van der Waals surface area contributed by atoms with Crippen LogP contribution >= 0.6 is 11.3 Å². The Labute approximate surface area is 273 Å². The van der Waals surface area contributed by atoms with Gasteiger partial charge in [0, 0.05) is 34.2 Å². The SMILES string of the molecule is CC[C@H](C)[C@@H]([C@@H](CC(=O)N1CCC[C@H]1[C@H](OC)[C@@H](C)C(=O)N[C@@H](Cc1ccsc1)C(=O)OC)OC)N(C)C(=O)[C@@H](N)C(C)(C)C. The van der Waals surface area contributed by atoms with E-state index in [1.807, 2.05) is 51.4 Å². The molecule has 1 aromatic heterocycles. The third kappa shape index (κ3) is 9.97. The van der Waals surface area contributed by atoms with E-state index in [-0.39, 0.29) is 42.1 Å². The average molecular weight is 653 g/mol. The van der Waals surface area contributed by atoms with Gasteiger partial charge in [0.1, 0.15) is 6.04 Å². The summed E-state index contributed by atoms with van der Waals surface area (Å²) < 4.78 is 16.7. The lowest BCUT2D eigenvalue weighted by molar-refractivity contribution is -0.148. The Kier molecular flexibility index (Phi) is 14.9. The predicted molar refractivity (Wildman–Crippen MR) is 176 cm³/mol. The van der Waals surface area contributed by atoms with Crippen LogP contribution in [0.2, 0.25) is 0 Å². The Balaban J connectivity index is 2.22. The topological polar surface area (TPSA) is 141 Å². The number of carbonyl (C=O) groups excluding carboxylic acids is 4. The molecule has 11 nitrogen and oxygen atoms in total. The first kappa shape index (κ1) is 38.6. The molecular formula is C33H56N4O7S. The van der Waals surface area contributed by atoms with Gasteiger partial charge in [-0.05, 0) is 46.6 Å². The van der Waals surface area contributed by atoms with E-state index in [0.29, 0.717) is 19.4 Å². The van der Waals surface area contributed by atoms with Gasteiger partial charge in [-0.1, -0.05) is 48.0 Å². The normalized spacial score (nSPS) is 20.0. The van der Waals surface area contributed by atoms with Gasteiger partial charge < -0.3 is 35.1 Å². The highest BCUT2D eigenvalue weighted by atomic mass is 32.1. The van der Waals surface area contributed by atoms with Gasteiger partial charge in [-0.25, -0.2) is 4.79 Å². The van der Waals surface area contributed by atoms with Crippen LogP contribution in [-0.4, -0.2) is 105 Å². The molecule has 0 spiro atoms. The highest BCUT2D eigenvalue weighted by Gasteiger charge is 2.43. The smallest absolute Gasteiger partial charge is 0.328 e. The molecule has 45 heavy (non-hydrogen) atoms. The zero-order valence-electron chi connectivity index (χ0n) is 28.8. The molecule has 0 aromatic carbocycles. The fourth-order valence-electron chi connectivity index (χ4n) is 6.18. The molecule has 1 aliphatic heterocycles. The van der Waals surface area contributed by atoms with Crippen molar-refractivity contribution in [3.8, 4) is 0 Å². The maximum absolute atomic E-state index is 13.9. The molecule has 1 aromatic rings. The number of hydrogen-bond acceptors (Lipinski definition) is 9. The number of likely N-dealkylation sites (tertiary alicyclic amines) is 1. The van der Waals surface area contributed by atoms with Crippen molar-refractivity contribution in [2.75, 3.05) is 34.9 Å². The fourth-order valence-corrected chi connectivity index (χ4v) is 6.86. The van der Waals surface area contributed by atoms with Crippen molar-refractivity contribution in [2.24, 2.45) is 23.0 Å². The van der Waals surface area contributed by atoms with Crippen molar-refractivity contribution >= 4 is 35.0 Å². The van der Waals surface area contributed by atoms with Crippen LogP contribution in [-0.2, 0) is 39.8 Å². The van der Waals surface area contributed by atoms with E-state index in [2.05, 4.69) is 5.32 Å². The molecule has 0 unspecified atom stereocenters. The summed E-state index contributed by atoms with van der Waals surface area (Å²) in [6.45, 7) is 12.2. The zero-order valence-corrected chi connectivity index (χ0v) is 29.6. The maximum Gasteiger partial charge on any atom is 0.328 e. The van der Waals surface area contributed by atoms with Gasteiger partial charge in [-0.3, -0.25) is 14.4 Å². The second kappa shape index (κ2) is 17.4. The van der Waals surface area contributed by atoms with Crippen molar-refractivity contribution < 1.29 is 33.4 Å². The van der Waals surface area contributed by atoms with E-state index in [1.54, 1.807) is 30.9 Å². The molecule has 2 heterocycles. The number of nitrogens with two attached hydrogens (primary N) is 1. The summed E-state index contributed by atoms with van der Waals surface area (Å²) in [7, 11) is 6.13. The second-order valence-electron chi connectivity index (χ2n) is 13.4. The number of nitrogens with one attached hydrogen (secondary N) is 1. The first-order valence-corrected chi connectivity index (χ1v) is 16.8. The molecule has 0 saturated carbocycles. The molecule has 0 radical (unpaired) electrons. The van der Waals surface area contributed by atoms with Crippen LogP contribution in [0.1, 0.15) is 72.8 Å². The summed E-state index contributed by atoms with van der Waals surface area (Å²) in [6, 6.07) is -0.354. The third-order valence-electron chi connectivity index (χ3n) is 9.28. The zero-order chi connectivity index (χ0) is 34.1. The molecule has 0 bridgehead atoms. The highest BCUT2D eigenvalue weighted by molar-refractivity contribution is 7.07. The van der Waals surface area contributed by atoms with E-state index < -0.39 is 41.6 Å². The number of esters is 1. The molecule has 256 valence electrons. The summed E-state index contributed by atoms with van der Waals surface area (Å²) >= 11 is 1.51. The summed E-state index contributed by atoms with van der Waals surface area (Å²) in [5.41, 5.74) is 6.85. The molecule has 0 aliphatic carbocycles. The standard InChI is InChI=1S/C33H56N4O7S/c1-11-20(2)27(36(7)31(40)29(34)33(4,5)6)25(42-8)18-26(38)37-15-12-13-24(37)28(43-9)21(3)30(39)35-23(32(41)44-10)17-22-14-16-45-19-22/h14,16,19-21,23-25,27-29H,11-13,15,17-18,34H2,1-10H3,(H,35,39)/t20-,21+,23-,24-,25+,27-,28+,29+/m0/s1. The summed E-state index contributed by atoms with van der Waals surface area (Å²) in [5.74, 6) is -1.80. The number of rotatable bonds is 16. The third-order valence-corrected chi connectivity index (χ3v) is 10.0. The first-order chi connectivity index (χ1) is 21.1. The fraction of sp³-hybridized carbons (Fsp3) is 0.758. The minimum absolute atomic E-state index is 0.0468. The van der Waals surface area contributed by atoms with Crippen molar-refractivity contribution in [1.82, 2.24) is 15.1 Å². The lowest BCUT2D eigenvalue weighted by Crippen LogP contribution is -2.57. The van der Waals surface area contributed by atoms with Crippen LogP contribution in [0.15, 0.2) is 16.8 Å².